The van der Waals surface area contributed by atoms with E-state index in [0.717, 1.165) is 43.4 Å². The molecular weight excluding hydrogens is 260 g/mol. The number of aryl methyl sites for hydroxylation is 2. The van der Waals surface area contributed by atoms with Crippen molar-refractivity contribution in [3.63, 3.8) is 0 Å². The maximum absolute atomic E-state index is 5.87. The molecule has 0 saturated carbocycles. The molecule has 110 valence electrons. The third-order valence-corrected chi connectivity index (χ3v) is 3.92. The molecule has 1 aliphatic heterocycles. The van der Waals surface area contributed by atoms with E-state index >= 15 is 0 Å². The van der Waals surface area contributed by atoms with Crippen molar-refractivity contribution in [2.75, 3.05) is 41.7 Å². The minimum absolute atomic E-state index is 0.825. The SMILES string of the molecule is Cc1cc(C)nc(N2CCN(c3cccc(N)c3)CC2)c1. The van der Waals surface area contributed by atoms with E-state index in [0.29, 0.717) is 0 Å². The molecule has 0 spiro atoms. The number of nitrogen functional groups attached to an aromatic ring is 1. The van der Waals surface area contributed by atoms with Crippen molar-refractivity contribution in [2.24, 2.45) is 0 Å². The predicted octanol–water partition coefficient (Wildman–Crippen LogP) is 2.61. The van der Waals surface area contributed by atoms with Crippen LogP contribution in [0.25, 0.3) is 0 Å². The molecule has 1 aliphatic rings. The first-order valence-electron chi connectivity index (χ1n) is 7.42. The highest BCUT2D eigenvalue weighted by Crippen LogP contribution is 2.21. The second-order valence-corrected chi connectivity index (χ2v) is 5.71. The van der Waals surface area contributed by atoms with Gasteiger partial charge in [0.25, 0.3) is 0 Å². The van der Waals surface area contributed by atoms with E-state index in [9.17, 15) is 0 Å². The van der Waals surface area contributed by atoms with E-state index in [1.165, 1.54) is 11.3 Å². The zero-order valence-electron chi connectivity index (χ0n) is 12.7. The van der Waals surface area contributed by atoms with Gasteiger partial charge in [-0.3, -0.25) is 0 Å². The quantitative estimate of drug-likeness (QED) is 0.860. The van der Waals surface area contributed by atoms with Crippen LogP contribution in [-0.2, 0) is 0 Å². The maximum Gasteiger partial charge on any atom is 0.129 e. The fraction of sp³-hybridized carbons (Fsp3) is 0.353. The molecular formula is C17H22N4. The number of anilines is 3. The summed E-state index contributed by atoms with van der Waals surface area (Å²) in [5.41, 5.74) is 10.3. The highest BCUT2D eigenvalue weighted by Gasteiger charge is 2.18. The smallest absolute Gasteiger partial charge is 0.129 e. The number of hydrogen-bond donors (Lipinski definition) is 1. The van der Waals surface area contributed by atoms with Crippen molar-refractivity contribution in [2.45, 2.75) is 13.8 Å². The Kier molecular flexibility index (Phi) is 3.69. The summed E-state index contributed by atoms with van der Waals surface area (Å²) in [5.74, 6) is 1.10. The molecule has 0 atom stereocenters. The van der Waals surface area contributed by atoms with E-state index in [1.807, 2.05) is 18.2 Å². The number of benzene rings is 1. The molecule has 0 bridgehead atoms. The fourth-order valence-electron chi connectivity index (χ4n) is 2.90. The van der Waals surface area contributed by atoms with Gasteiger partial charge in [-0.15, -0.1) is 0 Å². The molecule has 2 N–H and O–H groups in total. The molecule has 1 aromatic carbocycles. The molecule has 1 aromatic heterocycles. The third kappa shape index (κ3) is 3.10. The van der Waals surface area contributed by atoms with Gasteiger partial charge in [-0.05, 0) is 49.7 Å². The summed E-state index contributed by atoms with van der Waals surface area (Å²) in [6.07, 6.45) is 0. The van der Waals surface area contributed by atoms with Crippen molar-refractivity contribution < 1.29 is 0 Å². The number of piperazine rings is 1. The first-order chi connectivity index (χ1) is 10.1. The second-order valence-electron chi connectivity index (χ2n) is 5.71. The van der Waals surface area contributed by atoms with Crippen molar-refractivity contribution in [1.82, 2.24) is 4.98 Å². The Labute approximate surface area is 126 Å². The molecule has 1 fully saturated rings. The Morgan fingerprint density at radius 3 is 2.33 bits per heavy atom. The van der Waals surface area contributed by atoms with Gasteiger partial charge in [-0.25, -0.2) is 4.98 Å². The lowest BCUT2D eigenvalue weighted by Crippen LogP contribution is -2.46. The van der Waals surface area contributed by atoms with Gasteiger partial charge < -0.3 is 15.5 Å². The van der Waals surface area contributed by atoms with E-state index in [-0.39, 0.29) is 0 Å². The number of nitrogens with two attached hydrogens (primary N) is 1. The van der Waals surface area contributed by atoms with Crippen LogP contribution in [0.1, 0.15) is 11.3 Å². The fourth-order valence-corrected chi connectivity index (χ4v) is 2.90. The highest BCUT2D eigenvalue weighted by molar-refractivity contribution is 5.57. The normalized spacial score (nSPS) is 15.3. The van der Waals surface area contributed by atoms with Gasteiger partial charge in [0, 0.05) is 43.2 Å². The lowest BCUT2D eigenvalue weighted by Gasteiger charge is -2.37. The van der Waals surface area contributed by atoms with Crippen LogP contribution in [0, 0.1) is 13.8 Å². The molecule has 0 amide bonds. The van der Waals surface area contributed by atoms with Crippen LogP contribution in [-0.4, -0.2) is 31.2 Å². The Morgan fingerprint density at radius 1 is 0.952 bits per heavy atom. The number of aromatic nitrogens is 1. The molecule has 3 rings (SSSR count). The maximum atomic E-state index is 5.87. The van der Waals surface area contributed by atoms with Crippen molar-refractivity contribution in [3.05, 3.63) is 47.7 Å². The van der Waals surface area contributed by atoms with Gasteiger partial charge in [0.05, 0.1) is 0 Å². The van der Waals surface area contributed by atoms with E-state index < -0.39 is 0 Å². The summed E-state index contributed by atoms with van der Waals surface area (Å²) in [6, 6.07) is 12.4. The second kappa shape index (κ2) is 5.64. The summed E-state index contributed by atoms with van der Waals surface area (Å²) in [6.45, 7) is 8.16. The van der Waals surface area contributed by atoms with E-state index in [4.69, 9.17) is 5.73 Å². The van der Waals surface area contributed by atoms with Crippen molar-refractivity contribution in [1.29, 1.82) is 0 Å². The summed E-state index contributed by atoms with van der Waals surface area (Å²) in [4.78, 5) is 9.41. The van der Waals surface area contributed by atoms with Crippen LogP contribution >= 0.6 is 0 Å². The first kappa shape index (κ1) is 13.7. The van der Waals surface area contributed by atoms with Gasteiger partial charge >= 0.3 is 0 Å². The molecule has 0 radical (unpaired) electrons. The number of pyridine rings is 1. The largest absolute Gasteiger partial charge is 0.399 e. The molecule has 2 heterocycles. The molecule has 4 heteroatoms. The minimum Gasteiger partial charge on any atom is -0.399 e. The average molecular weight is 282 g/mol. The predicted molar refractivity (Wildman–Crippen MR) is 89.0 cm³/mol. The van der Waals surface area contributed by atoms with Crippen LogP contribution in [0.3, 0.4) is 0 Å². The average Bonchev–Trinajstić information content (AvgIpc) is 2.46. The Morgan fingerprint density at radius 2 is 1.67 bits per heavy atom. The Balaban J connectivity index is 1.70. The van der Waals surface area contributed by atoms with Gasteiger partial charge in [-0.1, -0.05) is 6.07 Å². The topological polar surface area (TPSA) is 45.4 Å². The van der Waals surface area contributed by atoms with Crippen LogP contribution in [0.15, 0.2) is 36.4 Å². The zero-order valence-corrected chi connectivity index (χ0v) is 12.7. The van der Waals surface area contributed by atoms with Gasteiger partial charge in [-0.2, -0.15) is 0 Å². The minimum atomic E-state index is 0.825. The van der Waals surface area contributed by atoms with Crippen LogP contribution in [0.4, 0.5) is 17.2 Å². The lowest BCUT2D eigenvalue weighted by molar-refractivity contribution is 0.646. The molecule has 2 aromatic rings. The molecule has 4 nitrogen and oxygen atoms in total. The van der Waals surface area contributed by atoms with Gasteiger partial charge in [0.15, 0.2) is 0 Å². The summed E-state index contributed by atoms with van der Waals surface area (Å²) < 4.78 is 0. The highest BCUT2D eigenvalue weighted by atomic mass is 15.3. The lowest BCUT2D eigenvalue weighted by atomic mass is 10.2. The summed E-state index contributed by atoms with van der Waals surface area (Å²) in [5, 5.41) is 0. The zero-order chi connectivity index (χ0) is 14.8. The van der Waals surface area contributed by atoms with E-state index in [2.05, 4.69) is 46.8 Å². The van der Waals surface area contributed by atoms with Crippen LogP contribution < -0.4 is 15.5 Å². The number of rotatable bonds is 2. The third-order valence-electron chi connectivity index (χ3n) is 3.92. The monoisotopic (exact) mass is 282 g/mol. The summed E-state index contributed by atoms with van der Waals surface area (Å²) >= 11 is 0. The van der Waals surface area contributed by atoms with Gasteiger partial charge in [0.1, 0.15) is 5.82 Å². The summed E-state index contributed by atoms with van der Waals surface area (Å²) in [7, 11) is 0. The molecule has 0 aliphatic carbocycles. The number of nitrogens with zero attached hydrogens (tertiary/aromatic N) is 3. The standard InChI is InChI=1S/C17H22N4/c1-13-10-14(2)19-17(11-13)21-8-6-20(7-9-21)16-5-3-4-15(18)12-16/h3-5,10-12H,6-9,18H2,1-2H3. The van der Waals surface area contributed by atoms with Crippen LogP contribution in [0.2, 0.25) is 0 Å². The van der Waals surface area contributed by atoms with Crippen molar-refractivity contribution in [3.8, 4) is 0 Å². The Bertz CT molecular complexity index is 610. The molecule has 1 saturated heterocycles. The number of hydrogen-bond acceptors (Lipinski definition) is 4. The van der Waals surface area contributed by atoms with Crippen LogP contribution in [0.5, 0.6) is 0 Å². The Hall–Kier alpha value is -2.23. The first-order valence-corrected chi connectivity index (χ1v) is 7.42. The van der Waals surface area contributed by atoms with Crippen molar-refractivity contribution >= 4 is 17.2 Å². The molecule has 0 unspecified atom stereocenters. The molecule has 21 heavy (non-hydrogen) atoms. The van der Waals surface area contributed by atoms with E-state index in [1.54, 1.807) is 0 Å². The van der Waals surface area contributed by atoms with Gasteiger partial charge in [0.2, 0.25) is 0 Å².